The third-order valence-electron chi connectivity index (χ3n) is 3.45. The average molecular weight is 334 g/mol. The zero-order chi connectivity index (χ0) is 14.5. The van der Waals surface area contributed by atoms with Crippen LogP contribution in [0.3, 0.4) is 0 Å². The van der Waals surface area contributed by atoms with Crippen LogP contribution in [0, 0.1) is 0 Å². The SMILES string of the molecule is CCc1cccc(NC(CC)c2cc(Br)ccc2O)c1. The maximum absolute atomic E-state index is 10.1. The van der Waals surface area contributed by atoms with Crippen LogP contribution in [0.2, 0.25) is 0 Å². The van der Waals surface area contributed by atoms with Crippen LogP contribution < -0.4 is 5.32 Å². The molecule has 106 valence electrons. The van der Waals surface area contributed by atoms with Crippen LogP contribution in [0.5, 0.6) is 5.75 Å². The Hall–Kier alpha value is -1.48. The summed E-state index contributed by atoms with van der Waals surface area (Å²) in [6, 6.07) is 14.1. The van der Waals surface area contributed by atoms with Gasteiger partial charge in [0.25, 0.3) is 0 Å². The van der Waals surface area contributed by atoms with Gasteiger partial charge in [0.1, 0.15) is 5.75 Å². The zero-order valence-electron chi connectivity index (χ0n) is 11.9. The summed E-state index contributed by atoms with van der Waals surface area (Å²) in [5.74, 6) is 0.333. The molecule has 2 rings (SSSR count). The molecule has 0 heterocycles. The van der Waals surface area contributed by atoms with Crippen molar-refractivity contribution >= 4 is 21.6 Å². The van der Waals surface area contributed by atoms with Gasteiger partial charge in [0, 0.05) is 15.7 Å². The standard InChI is InChI=1S/C17H20BrNO/c1-3-12-6-5-7-14(10-12)19-16(4-2)15-11-13(18)8-9-17(15)20/h5-11,16,19-20H,3-4H2,1-2H3. The largest absolute Gasteiger partial charge is 0.508 e. The Kier molecular flexibility index (Phi) is 5.07. The van der Waals surface area contributed by atoms with Gasteiger partial charge in [-0.25, -0.2) is 0 Å². The molecule has 2 aromatic carbocycles. The monoisotopic (exact) mass is 333 g/mol. The van der Waals surface area contributed by atoms with Crippen molar-refractivity contribution in [3.05, 3.63) is 58.1 Å². The summed E-state index contributed by atoms with van der Waals surface area (Å²) in [5, 5.41) is 13.6. The molecule has 3 heteroatoms. The first-order valence-corrected chi connectivity index (χ1v) is 7.77. The van der Waals surface area contributed by atoms with E-state index in [0.717, 1.165) is 28.6 Å². The van der Waals surface area contributed by atoms with Crippen molar-refractivity contribution in [1.29, 1.82) is 0 Å². The lowest BCUT2D eigenvalue weighted by Crippen LogP contribution is -2.10. The molecule has 0 aliphatic carbocycles. The van der Waals surface area contributed by atoms with Crippen LogP contribution in [0.1, 0.15) is 37.4 Å². The van der Waals surface area contributed by atoms with E-state index >= 15 is 0 Å². The summed E-state index contributed by atoms with van der Waals surface area (Å²) in [7, 11) is 0. The van der Waals surface area contributed by atoms with Crippen molar-refractivity contribution in [2.45, 2.75) is 32.7 Å². The number of aromatic hydroxyl groups is 1. The van der Waals surface area contributed by atoms with Gasteiger partial charge in [0.2, 0.25) is 0 Å². The van der Waals surface area contributed by atoms with Crippen molar-refractivity contribution < 1.29 is 5.11 Å². The molecule has 0 spiro atoms. The molecular formula is C17H20BrNO. The molecule has 0 aliphatic heterocycles. The third-order valence-corrected chi connectivity index (χ3v) is 3.94. The van der Waals surface area contributed by atoms with Crippen LogP contribution >= 0.6 is 15.9 Å². The Morgan fingerprint density at radius 2 is 1.95 bits per heavy atom. The average Bonchev–Trinajstić information content (AvgIpc) is 2.47. The number of phenolic OH excluding ortho intramolecular Hbond substituents is 1. The molecule has 2 nitrogen and oxygen atoms in total. The molecule has 2 aromatic rings. The van der Waals surface area contributed by atoms with E-state index in [0.29, 0.717) is 5.75 Å². The molecule has 0 aromatic heterocycles. The molecule has 0 fully saturated rings. The highest BCUT2D eigenvalue weighted by Gasteiger charge is 2.14. The molecule has 0 saturated carbocycles. The Bertz CT molecular complexity index is 583. The van der Waals surface area contributed by atoms with Gasteiger partial charge in [-0.1, -0.05) is 41.9 Å². The van der Waals surface area contributed by atoms with Crippen molar-refractivity contribution in [2.75, 3.05) is 5.32 Å². The normalized spacial score (nSPS) is 12.2. The Labute approximate surface area is 129 Å². The van der Waals surface area contributed by atoms with E-state index in [-0.39, 0.29) is 6.04 Å². The predicted octanol–water partition coefficient (Wildman–Crippen LogP) is 5.28. The summed E-state index contributed by atoms with van der Waals surface area (Å²) in [4.78, 5) is 0. The second-order valence-corrected chi connectivity index (χ2v) is 5.78. The van der Waals surface area contributed by atoms with E-state index in [1.54, 1.807) is 6.07 Å². The minimum atomic E-state index is 0.0969. The van der Waals surface area contributed by atoms with E-state index in [4.69, 9.17) is 0 Å². The number of benzene rings is 2. The van der Waals surface area contributed by atoms with Crippen molar-refractivity contribution in [1.82, 2.24) is 0 Å². The summed E-state index contributed by atoms with van der Waals surface area (Å²) in [5.41, 5.74) is 3.32. The van der Waals surface area contributed by atoms with E-state index in [1.165, 1.54) is 5.56 Å². The van der Waals surface area contributed by atoms with Gasteiger partial charge in [0.05, 0.1) is 6.04 Å². The lowest BCUT2D eigenvalue weighted by Gasteiger charge is -2.20. The number of anilines is 1. The molecule has 0 aliphatic rings. The molecule has 0 amide bonds. The maximum Gasteiger partial charge on any atom is 0.120 e. The number of phenols is 1. The number of hydrogen-bond acceptors (Lipinski definition) is 2. The second kappa shape index (κ2) is 6.80. The van der Waals surface area contributed by atoms with Crippen LogP contribution in [0.15, 0.2) is 46.9 Å². The van der Waals surface area contributed by atoms with Gasteiger partial charge < -0.3 is 10.4 Å². The quantitative estimate of drug-likeness (QED) is 0.780. The fraction of sp³-hybridized carbons (Fsp3) is 0.294. The van der Waals surface area contributed by atoms with Crippen LogP contribution in [0.25, 0.3) is 0 Å². The Morgan fingerprint density at radius 1 is 1.15 bits per heavy atom. The predicted molar refractivity (Wildman–Crippen MR) is 88.3 cm³/mol. The van der Waals surface area contributed by atoms with Crippen molar-refractivity contribution in [3.63, 3.8) is 0 Å². The van der Waals surface area contributed by atoms with Crippen LogP contribution in [-0.2, 0) is 6.42 Å². The lowest BCUT2D eigenvalue weighted by atomic mass is 10.0. The summed E-state index contributed by atoms with van der Waals surface area (Å²) < 4.78 is 0.979. The van der Waals surface area contributed by atoms with E-state index in [1.807, 2.05) is 12.1 Å². The first-order valence-electron chi connectivity index (χ1n) is 6.98. The number of nitrogens with one attached hydrogen (secondary N) is 1. The number of hydrogen-bond donors (Lipinski definition) is 2. The highest BCUT2D eigenvalue weighted by Crippen LogP contribution is 2.32. The number of rotatable bonds is 5. The molecule has 0 saturated heterocycles. The zero-order valence-corrected chi connectivity index (χ0v) is 13.4. The van der Waals surface area contributed by atoms with Crippen molar-refractivity contribution in [3.8, 4) is 5.75 Å². The Balaban J connectivity index is 2.26. The van der Waals surface area contributed by atoms with Crippen LogP contribution in [-0.4, -0.2) is 5.11 Å². The van der Waals surface area contributed by atoms with E-state index in [9.17, 15) is 5.11 Å². The van der Waals surface area contributed by atoms with Gasteiger partial charge >= 0.3 is 0 Å². The molecule has 0 bridgehead atoms. The lowest BCUT2D eigenvalue weighted by molar-refractivity contribution is 0.462. The van der Waals surface area contributed by atoms with Gasteiger partial charge in [-0.15, -0.1) is 0 Å². The molecule has 20 heavy (non-hydrogen) atoms. The number of halogens is 1. The number of aryl methyl sites for hydroxylation is 1. The molecular weight excluding hydrogens is 314 g/mol. The van der Waals surface area contributed by atoms with E-state index < -0.39 is 0 Å². The highest BCUT2D eigenvalue weighted by atomic mass is 79.9. The van der Waals surface area contributed by atoms with Gasteiger partial charge in [0.15, 0.2) is 0 Å². The molecule has 1 unspecified atom stereocenters. The topological polar surface area (TPSA) is 32.3 Å². The summed E-state index contributed by atoms with van der Waals surface area (Å²) >= 11 is 3.46. The smallest absolute Gasteiger partial charge is 0.120 e. The minimum Gasteiger partial charge on any atom is -0.508 e. The molecule has 2 N–H and O–H groups in total. The van der Waals surface area contributed by atoms with Crippen molar-refractivity contribution in [2.24, 2.45) is 0 Å². The van der Waals surface area contributed by atoms with Gasteiger partial charge in [-0.05, 0) is 48.7 Å². The molecule has 1 atom stereocenters. The van der Waals surface area contributed by atoms with Gasteiger partial charge in [-0.3, -0.25) is 0 Å². The third kappa shape index (κ3) is 3.54. The fourth-order valence-electron chi connectivity index (χ4n) is 2.29. The van der Waals surface area contributed by atoms with Crippen LogP contribution in [0.4, 0.5) is 5.69 Å². The first kappa shape index (κ1) is 14.9. The first-order chi connectivity index (χ1) is 9.63. The summed E-state index contributed by atoms with van der Waals surface area (Å²) in [6.45, 7) is 4.26. The van der Waals surface area contributed by atoms with E-state index in [2.05, 4.69) is 59.4 Å². The maximum atomic E-state index is 10.1. The molecule has 0 radical (unpaired) electrons. The second-order valence-electron chi connectivity index (χ2n) is 4.86. The van der Waals surface area contributed by atoms with Gasteiger partial charge in [-0.2, -0.15) is 0 Å². The Morgan fingerprint density at radius 3 is 2.65 bits per heavy atom. The highest BCUT2D eigenvalue weighted by molar-refractivity contribution is 9.10. The minimum absolute atomic E-state index is 0.0969. The fourth-order valence-corrected chi connectivity index (χ4v) is 2.67. The summed E-state index contributed by atoms with van der Waals surface area (Å²) in [6.07, 6.45) is 1.93.